The maximum atomic E-state index is 10.6. The number of carbonyl (C=O) groups is 1. The molecule has 5 heteroatoms. The van der Waals surface area contributed by atoms with Gasteiger partial charge in [0.05, 0.1) is 0 Å². The Morgan fingerprint density at radius 2 is 1.90 bits per heavy atom. The summed E-state index contributed by atoms with van der Waals surface area (Å²) in [6.45, 7) is 0.301. The number of rotatable bonds is 5. The van der Waals surface area contributed by atoms with Gasteiger partial charge in [-0.2, -0.15) is 0 Å². The number of ether oxygens (including phenoxy) is 1. The third-order valence-corrected chi connectivity index (χ3v) is 2.94. The van der Waals surface area contributed by atoms with Crippen LogP contribution in [0.4, 0.5) is 0 Å². The maximum Gasteiger partial charge on any atom is 0.328 e. The van der Waals surface area contributed by atoms with E-state index in [0.29, 0.717) is 22.9 Å². The lowest BCUT2D eigenvalue weighted by Gasteiger charge is -2.10. The highest BCUT2D eigenvalue weighted by Gasteiger charge is 2.04. The van der Waals surface area contributed by atoms with Gasteiger partial charge in [-0.1, -0.05) is 23.7 Å². The highest BCUT2D eigenvalue weighted by Crippen LogP contribution is 2.25. The Bertz CT molecular complexity index is 662. The lowest BCUT2D eigenvalue weighted by atomic mass is 10.2. The van der Waals surface area contributed by atoms with E-state index in [1.807, 2.05) is 0 Å². The van der Waals surface area contributed by atoms with Gasteiger partial charge < -0.3 is 14.9 Å². The lowest BCUT2D eigenvalue weighted by molar-refractivity contribution is -0.131. The monoisotopic (exact) mass is 304 g/mol. The summed E-state index contributed by atoms with van der Waals surface area (Å²) in [5.74, 6) is -0.320. The first-order chi connectivity index (χ1) is 10.0. The molecule has 0 saturated carbocycles. The van der Waals surface area contributed by atoms with Crippen molar-refractivity contribution in [2.24, 2.45) is 0 Å². The number of hydrogen-bond acceptors (Lipinski definition) is 3. The molecule has 0 heterocycles. The van der Waals surface area contributed by atoms with Crippen LogP contribution in [0.25, 0.3) is 6.08 Å². The fourth-order valence-electron chi connectivity index (χ4n) is 1.70. The summed E-state index contributed by atoms with van der Waals surface area (Å²) in [4.78, 5) is 10.6. The Hall–Kier alpha value is -2.46. The average Bonchev–Trinajstić information content (AvgIpc) is 2.45. The Labute approximate surface area is 126 Å². The molecule has 2 N–H and O–H groups in total. The number of aromatic hydroxyl groups is 1. The lowest BCUT2D eigenvalue weighted by Crippen LogP contribution is -1.97. The zero-order valence-corrected chi connectivity index (χ0v) is 11.7. The second kappa shape index (κ2) is 6.81. The topological polar surface area (TPSA) is 66.8 Å². The molecular formula is C16H13ClO4. The highest BCUT2D eigenvalue weighted by atomic mass is 35.5. The van der Waals surface area contributed by atoms with Gasteiger partial charge in [-0.25, -0.2) is 4.79 Å². The average molecular weight is 305 g/mol. The maximum absolute atomic E-state index is 10.6. The molecule has 0 unspecified atom stereocenters. The number of phenols is 1. The number of carboxylic acids is 1. The van der Waals surface area contributed by atoms with Crippen LogP contribution in [0, 0.1) is 0 Å². The Balaban J connectivity index is 2.15. The minimum absolute atomic E-state index is 0.190. The third kappa shape index (κ3) is 4.54. The highest BCUT2D eigenvalue weighted by molar-refractivity contribution is 6.30. The predicted octanol–water partition coefficient (Wildman–Crippen LogP) is 3.72. The summed E-state index contributed by atoms with van der Waals surface area (Å²) < 4.78 is 5.67. The molecule has 0 aromatic heterocycles. The predicted molar refractivity (Wildman–Crippen MR) is 80.6 cm³/mol. The van der Waals surface area contributed by atoms with Crippen LogP contribution in [0.5, 0.6) is 11.5 Å². The second-order valence-corrected chi connectivity index (χ2v) is 4.75. The molecule has 0 fully saturated rings. The molecule has 108 valence electrons. The number of hydrogen-bond donors (Lipinski definition) is 2. The van der Waals surface area contributed by atoms with Gasteiger partial charge in [-0.05, 0) is 42.0 Å². The summed E-state index contributed by atoms with van der Waals surface area (Å²) in [5, 5.41) is 18.4. The van der Waals surface area contributed by atoms with Crippen molar-refractivity contribution in [3.8, 4) is 11.5 Å². The standard InChI is InChI=1S/C16H13ClO4/c17-13-4-7-15(12(9-13)3-8-16(19)20)21-10-11-1-5-14(18)6-2-11/h1-9,18H,10H2,(H,19,20)/b8-3+. The van der Waals surface area contributed by atoms with Crippen molar-refractivity contribution in [2.75, 3.05) is 0 Å². The second-order valence-electron chi connectivity index (χ2n) is 4.31. The van der Waals surface area contributed by atoms with Crippen LogP contribution in [-0.2, 0) is 11.4 Å². The largest absolute Gasteiger partial charge is 0.508 e. The van der Waals surface area contributed by atoms with Crippen LogP contribution in [0.1, 0.15) is 11.1 Å². The van der Waals surface area contributed by atoms with Gasteiger partial charge in [0.25, 0.3) is 0 Å². The molecule has 2 aromatic carbocycles. The van der Waals surface area contributed by atoms with E-state index in [0.717, 1.165) is 11.6 Å². The molecule has 0 aliphatic carbocycles. The number of phenolic OH excluding ortho intramolecular Hbond substituents is 1. The molecule has 0 aliphatic rings. The molecular weight excluding hydrogens is 292 g/mol. The van der Waals surface area contributed by atoms with E-state index >= 15 is 0 Å². The Morgan fingerprint density at radius 3 is 2.57 bits per heavy atom. The molecule has 0 atom stereocenters. The van der Waals surface area contributed by atoms with E-state index in [2.05, 4.69) is 0 Å². The van der Waals surface area contributed by atoms with Gasteiger partial charge in [0.15, 0.2) is 0 Å². The van der Waals surface area contributed by atoms with Gasteiger partial charge in [-0.3, -0.25) is 0 Å². The Morgan fingerprint density at radius 1 is 1.19 bits per heavy atom. The number of halogens is 1. The first-order valence-corrected chi connectivity index (χ1v) is 6.53. The summed E-state index contributed by atoms with van der Waals surface area (Å²) in [6, 6.07) is 11.6. The van der Waals surface area contributed by atoms with E-state index < -0.39 is 5.97 Å². The van der Waals surface area contributed by atoms with Gasteiger partial charge in [0.1, 0.15) is 18.1 Å². The van der Waals surface area contributed by atoms with Gasteiger partial charge in [-0.15, -0.1) is 0 Å². The first kappa shape index (κ1) is 14.9. The van der Waals surface area contributed by atoms with Crippen LogP contribution >= 0.6 is 11.6 Å². The van der Waals surface area contributed by atoms with Crippen molar-refractivity contribution in [2.45, 2.75) is 6.61 Å². The Kier molecular flexibility index (Phi) is 4.85. The van der Waals surface area contributed by atoms with E-state index in [9.17, 15) is 9.90 Å². The van der Waals surface area contributed by atoms with Crippen molar-refractivity contribution in [1.82, 2.24) is 0 Å². The van der Waals surface area contributed by atoms with Crippen molar-refractivity contribution >= 4 is 23.6 Å². The van der Waals surface area contributed by atoms with Crippen LogP contribution in [0.15, 0.2) is 48.5 Å². The first-order valence-electron chi connectivity index (χ1n) is 6.16. The smallest absolute Gasteiger partial charge is 0.328 e. The van der Waals surface area contributed by atoms with Crippen molar-refractivity contribution in [3.63, 3.8) is 0 Å². The molecule has 0 radical (unpaired) electrons. The van der Waals surface area contributed by atoms with Crippen molar-refractivity contribution in [3.05, 3.63) is 64.7 Å². The van der Waals surface area contributed by atoms with E-state index in [4.69, 9.17) is 21.4 Å². The normalized spacial score (nSPS) is 10.7. The van der Waals surface area contributed by atoms with Crippen LogP contribution in [0.2, 0.25) is 5.02 Å². The zero-order chi connectivity index (χ0) is 15.2. The summed E-state index contributed by atoms with van der Waals surface area (Å²) in [5.41, 5.74) is 1.47. The minimum Gasteiger partial charge on any atom is -0.508 e. The van der Waals surface area contributed by atoms with Gasteiger partial charge in [0, 0.05) is 16.7 Å². The molecule has 2 aromatic rings. The van der Waals surface area contributed by atoms with Crippen LogP contribution in [-0.4, -0.2) is 16.2 Å². The quantitative estimate of drug-likeness (QED) is 0.826. The minimum atomic E-state index is -1.04. The molecule has 21 heavy (non-hydrogen) atoms. The van der Waals surface area contributed by atoms with Gasteiger partial charge in [0.2, 0.25) is 0 Å². The fourth-order valence-corrected chi connectivity index (χ4v) is 1.88. The molecule has 0 amide bonds. The van der Waals surface area contributed by atoms with Gasteiger partial charge >= 0.3 is 5.97 Å². The molecule has 2 rings (SSSR count). The molecule has 0 bridgehead atoms. The summed E-state index contributed by atoms with van der Waals surface area (Å²) in [6.07, 6.45) is 2.46. The fraction of sp³-hybridized carbons (Fsp3) is 0.0625. The number of aliphatic carboxylic acids is 1. The summed E-state index contributed by atoms with van der Waals surface area (Å²) >= 11 is 5.90. The number of benzene rings is 2. The van der Waals surface area contributed by atoms with E-state index in [1.165, 1.54) is 6.08 Å². The molecule has 4 nitrogen and oxygen atoms in total. The SMILES string of the molecule is O=C(O)/C=C/c1cc(Cl)ccc1OCc1ccc(O)cc1. The molecule has 0 saturated heterocycles. The molecule has 0 spiro atoms. The summed E-state index contributed by atoms with van der Waals surface area (Å²) in [7, 11) is 0. The van der Waals surface area contributed by atoms with E-state index in [-0.39, 0.29) is 5.75 Å². The third-order valence-electron chi connectivity index (χ3n) is 2.71. The number of carboxylic acid groups (broad SMARTS) is 1. The zero-order valence-electron chi connectivity index (χ0n) is 11.0. The molecule has 0 aliphatic heterocycles. The van der Waals surface area contributed by atoms with Crippen molar-refractivity contribution in [1.29, 1.82) is 0 Å². The van der Waals surface area contributed by atoms with Crippen LogP contribution in [0.3, 0.4) is 0 Å². The van der Waals surface area contributed by atoms with Crippen molar-refractivity contribution < 1.29 is 19.7 Å². The van der Waals surface area contributed by atoms with Crippen LogP contribution < -0.4 is 4.74 Å². The van der Waals surface area contributed by atoms with E-state index in [1.54, 1.807) is 42.5 Å².